The van der Waals surface area contributed by atoms with E-state index in [0.717, 1.165) is 10.2 Å². The van der Waals surface area contributed by atoms with E-state index in [1.165, 1.54) is 0 Å². The Morgan fingerprint density at radius 3 is 2.78 bits per heavy atom. The average Bonchev–Trinajstić information content (AvgIpc) is 2.78. The molecular weight excluding hydrogens is 300 g/mol. The monoisotopic (exact) mass is 310 g/mol. The number of benzene rings is 1. The predicted molar refractivity (Wildman–Crippen MR) is 69.0 cm³/mol. The second-order valence-corrected chi connectivity index (χ2v) is 4.50. The first-order valence-corrected chi connectivity index (χ1v) is 6.09. The molecule has 0 amide bonds. The number of ether oxygens (including phenoxy) is 1. The van der Waals surface area contributed by atoms with E-state index < -0.39 is 5.97 Å². The molecule has 0 bridgehead atoms. The molecule has 2 aromatic rings. The maximum Gasteiger partial charge on any atom is 0.306 e. The zero-order valence-electron chi connectivity index (χ0n) is 9.41. The number of halogens is 1. The molecule has 0 radical (unpaired) electrons. The smallest absolute Gasteiger partial charge is 0.306 e. The van der Waals surface area contributed by atoms with Crippen molar-refractivity contribution >= 4 is 21.9 Å². The van der Waals surface area contributed by atoms with Gasteiger partial charge in [-0.2, -0.15) is 5.10 Å². The topological polar surface area (TPSA) is 64.3 Å². The number of carbonyl (C=O) groups is 1. The Labute approximate surface area is 112 Å². The average molecular weight is 311 g/mol. The molecule has 94 valence electrons. The standard InChI is InChI=1S/C12H11BrN2O3/c13-9-1-3-10(4-2-9)15-8-11(7-14-15)18-6-5-12(16)17/h1-4,7-8H,5-6H2,(H,16,17). The highest BCUT2D eigenvalue weighted by molar-refractivity contribution is 9.10. The maximum absolute atomic E-state index is 10.3. The summed E-state index contributed by atoms with van der Waals surface area (Å²) in [7, 11) is 0. The van der Waals surface area contributed by atoms with Gasteiger partial charge >= 0.3 is 5.97 Å². The number of aliphatic carboxylic acids is 1. The number of carboxylic acid groups (broad SMARTS) is 1. The van der Waals surface area contributed by atoms with Crippen molar-refractivity contribution in [1.82, 2.24) is 9.78 Å². The normalized spacial score (nSPS) is 10.3. The first-order valence-electron chi connectivity index (χ1n) is 5.30. The molecule has 0 unspecified atom stereocenters. The largest absolute Gasteiger partial charge is 0.490 e. The first kappa shape index (κ1) is 12.6. The summed E-state index contributed by atoms with van der Waals surface area (Å²) in [6.07, 6.45) is 3.25. The Morgan fingerprint density at radius 2 is 2.11 bits per heavy atom. The van der Waals surface area contributed by atoms with Gasteiger partial charge in [-0.1, -0.05) is 15.9 Å². The van der Waals surface area contributed by atoms with Crippen LogP contribution in [0.4, 0.5) is 0 Å². The summed E-state index contributed by atoms with van der Waals surface area (Å²) in [5.74, 6) is -0.325. The van der Waals surface area contributed by atoms with Crippen LogP contribution < -0.4 is 4.74 Å². The SMILES string of the molecule is O=C(O)CCOc1cnn(-c2ccc(Br)cc2)c1. The fourth-order valence-electron chi connectivity index (χ4n) is 1.37. The zero-order valence-corrected chi connectivity index (χ0v) is 11.0. The van der Waals surface area contributed by atoms with Gasteiger partial charge in [0, 0.05) is 4.47 Å². The van der Waals surface area contributed by atoms with Crippen molar-refractivity contribution in [3.8, 4) is 11.4 Å². The lowest BCUT2D eigenvalue weighted by Gasteiger charge is -2.01. The molecule has 0 saturated carbocycles. The van der Waals surface area contributed by atoms with E-state index in [1.807, 2.05) is 24.3 Å². The van der Waals surface area contributed by atoms with Crippen molar-refractivity contribution in [1.29, 1.82) is 0 Å². The van der Waals surface area contributed by atoms with Crippen molar-refractivity contribution in [2.45, 2.75) is 6.42 Å². The van der Waals surface area contributed by atoms with Gasteiger partial charge in [-0.05, 0) is 24.3 Å². The van der Waals surface area contributed by atoms with Gasteiger partial charge in [0.25, 0.3) is 0 Å². The summed E-state index contributed by atoms with van der Waals surface area (Å²) in [5.41, 5.74) is 0.909. The molecule has 6 heteroatoms. The third kappa shape index (κ3) is 3.33. The lowest BCUT2D eigenvalue weighted by atomic mass is 10.3. The van der Waals surface area contributed by atoms with Crippen LogP contribution in [0.25, 0.3) is 5.69 Å². The molecule has 0 spiro atoms. The van der Waals surface area contributed by atoms with Crippen LogP contribution in [0.3, 0.4) is 0 Å². The minimum atomic E-state index is -0.879. The molecule has 1 aromatic carbocycles. The molecule has 2 rings (SSSR count). The van der Waals surface area contributed by atoms with E-state index in [1.54, 1.807) is 17.1 Å². The van der Waals surface area contributed by atoms with Gasteiger partial charge < -0.3 is 9.84 Å². The Bertz CT molecular complexity index is 537. The summed E-state index contributed by atoms with van der Waals surface area (Å²) in [6, 6.07) is 7.67. The molecular formula is C12H11BrN2O3. The number of hydrogen-bond donors (Lipinski definition) is 1. The fraction of sp³-hybridized carbons (Fsp3) is 0.167. The number of aromatic nitrogens is 2. The second kappa shape index (κ2) is 5.68. The Balaban J connectivity index is 2.01. The third-order valence-electron chi connectivity index (χ3n) is 2.23. The molecule has 0 aliphatic rings. The van der Waals surface area contributed by atoms with E-state index in [4.69, 9.17) is 9.84 Å². The van der Waals surface area contributed by atoms with Crippen LogP contribution in [-0.2, 0) is 4.79 Å². The number of rotatable bonds is 5. The van der Waals surface area contributed by atoms with Crippen molar-refractivity contribution in [3.63, 3.8) is 0 Å². The molecule has 18 heavy (non-hydrogen) atoms. The Morgan fingerprint density at radius 1 is 1.39 bits per heavy atom. The molecule has 0 aliphatic carbocycles. The minimum absolute atomic E-state index is 0.0243. The lowest BCUT2D eigenvalue weighted by molar-refractivity contribution is -0.137. The molecule has 1 heterocycles. The Hall–Kier alpha value is -1.82. The Kier molecular flexibility index (Phi) is 3.99. The molecule has 0 saturated heterocycles. The zero-order chi connectivity index (χ0) is 13.0. The molecule has 1 aromatic heterocycles. The van der Waals surface area contributed by atoms with E-state index in [-0.39, 0.29) is 13.0 Å². The van der Waals surface area contributed by atoms with Gasteiger partial charge in [-0.25, -0.2) is 4.68 Å². The molecule has 0 atom stereocenters. The lowest BCUT2D eigenvalue weighted by Crippen LogP contribution is -2.04. The van der Waals surface area contributed by atoms with Crippen molar-refractivity contribution < 1.29 is 14.6 Å². The van der Waals surface area contributed by atoms with Crippen molar-refractivity contribution in [3.05, 3.63) is 41.1 Å². The maximum atomic E-state index is 10.3. The van der Waals surface area contributed by atoms with E-state index >= 15 is 0 Å². The van der Waals surface area contributed by atoms with Gasteiger partial charge in [0.2, 0.25) is 0 Å². The highest BCUT2D eigenvalue weighted by Gasteiger charge is 2.03. The van der Waals surface area contributed by atoms with Gasteiger partial charge in [-0.15, -0.1) is 0 Å². The van der Waals surface area contributed by atoms with E-state index in [9.17, 15) is 4.79 Å². The number of hydrogen-bond acceptors (Lipinski definition) is 3. The third-order valence-corrected chi connectivity index (χ3v) is 2.76. The number of nitrogens with zero attached hydrogens (tertiary/aromatic N) is 2. The van der Waals surface area contributed by atoms with Crippen LogP contribution in [0.2, 0.25) is 0 Å². The summed E-state index contributed by atoms with van der Waals surface area (Å²) in [5, 5.41) is 12.6. The summed E-state index contributed by atoms with van der Waals surface area (Å²) in [6.45, 7) is 0.140. The van der Waals surface area contributed by atoms with Crippen LogP contribution in [0.15, 0.2) is 41.1 Å². The summed E-state index contributed by atoms with van der Waals surface area (Å²) in [4.78, 5) is 10.3. The van der Waals surface area contributed by atoms with Crippen LogP contribution in [-0.4, -0.2) is 27.5 Å². The molecule has 0 aliphatic heterocycles. The molecule has 5 nitrogen and oxygen atoms in total. The van der Waals surface area contributed by atoms with Gasteiger partial charge in [0.1, 0.15) is 0 Å². The highest BCUT2D eigenvalue weighted by Crippen LogP contribution is 2.16. The first-order chi connectivity index (χ1) is 8.65. The van der Waals surface area contributed by atoms with Gasteiger partial charge in [0.15, 0.2) is 5.75 Å². The summed E-state index contributed by atoms with van der Waals surface area (Å²) < 4.78 is 7.94. The highest BCUT2D eigenvalue weighted by atomic mass is 79.9. The van der Waals surface area contributed by atoms with Crippen LogP contribution >= 0.6 is 15.9 Å². The van der Waals surface area contributed by atoms with Gasteiger partial charge in [-0.3, -0.25) is 4.79 Å². The molecule has 1 N–H and O–H groups in total. The fourth-order valence-corrected chi connectivity index (χ4v) is 1.64. The van der Waals surface area contributed by atoms with Crippen molar-refractivity contribution in [2.24, 2.45) is 0 Å². The quantitative estimate of drug-likeness (QED) is 0.921. The van der Waals surface area contributed by atoms with Gasteiger partial charge in [0.05, 0.1) is 31.1 Å². The molecule has 0 fully saturated rings. The van der Waals surface area contributed by atoms with Crippen molar-refractivity contribution in [2.75, 3.05) is 6.61 Å². The van der Waals surface area contributed by atoms with Crippen LogP contribution in [0.1, 0.15) is 6.42 Å². The van der Waals surface area contributed by atoms with Crippen LogP contribution in [0.5, 0.6) is 5.75 Å². The predicted octanol–water partition coefficient (Wildman–Crippen LogP) is 2.49. The van der Waals surface area contributed by atoms with Crippen LogP contribution in [0, 0.1) is 0 Å². The minimum Gasteiger partial charge on any atom is -0.490 e. The van der Waals surface area contributed by atoms with E-state index in [2.05, 4.69) is 21.0 Å². The summed E-state index contributed by atoms with van der Waals surface area (Å²) >= 11 is 3.36. The second-order valence-electron chi connectivity index (χ2n) is 3.59. The number of carboxylic acids is 1. The van der Waals surface area contributed by atoms with E-state index in [0.29, 0.717) is 5.75 Å².